The summed E-state index contributed by atoms with van der Waals surface area (Å²) in [6, 6.07) is 4.24. The lowest BCUT2D eigenvalue weighted by Crippen LogP contribution is -2.47. The van der Waals surface area contributed by atoms with Crippen LogP contribution in [0.15, 0.2) is 18.2 Å². The molecule has 0 aromatic heterocycles. The van der Waals surface area contributed by atoms with E-state index in [1.807, 2.05) is 0 Å². The molecule has 1 saturated carbocycles. The van der Waals surface area contributed by atoms with Crippen molar-refractivity contribution in [1.29, 1.82) is 0 Å². The average Bonchev–Trinajstić information content (AvgIpc) is 2.27. The number of carboxylic acids is 1. The van der Waals surface area contributed by atoms with Crippen molar-refractivity contribution in [3.8, 4) is 0 Å². The molecule has 1 aromatic rings. The zero-order chi connectivity index (χ0) is 14.0. The maximum Gasteiger partial charge on any atom is 0.335 e. The number of hydrogen-bond acceptors (Lipinski definition) is 3. The zero-order valence-electron chi connectivity index (χ0n) is 10.3. The number of carbonyl (C=O) groups excluding carboxylic acids is 1. The second kappa shape index (κ2) is 5.19. The highest BCUT2D eigenvalue weighted by molar-refractivity contribution is 6.31. The van der Waals surface area contributed by atoms with Crippen LogP contribution in [0.2, 0.25) is 5.02 Å². The first kappa shape index (κ1) is 13.8. The van der Waals surface area contributed by atoms with E-state index in [4.69, 9.17) is 22.4 Å². The molecule has 4 N–H and O–H groups in total. The molecule has 1 fully saturated rings. The van der Waals surface area contributed by atoms with E-state index < -0.39 is 11.4 Å². The first-order valence-corrected chi connectivity index (χ1v) is 6.40. The van der Waals surface area contributed by atoms with Crippen molar-refractivity contribution >= 4 is 29.2 Å². The summed E-state index contributed by atoms with van der Waals surface area (Å²) < 4.78 is 0. The normalized spacial score (nSPS) is 16.5. The van der Waals surface area contributed by atoms with E-state index >= 15 is 0 Å². The maximum atomic E-state index is 12.2. The Bertz CT molecular complexity index is 521. The molecule has 102 valence electrons. The number of carboxylic acid groups (broad SMARTS) is 1. The molecule has 0 unspecified atom stereocenters. The van der Waals surface area contributed by atoms with Crippen LogP contribution in [0.5, 0.6) is 0 Å². The summed E-state index contributed by atoms with van der Waals surface area (Å²) in [7, 11) is 0. The summed E-state index contributed by atoms with van der Waals surface area (Å²) in [5.74, 6) is -1.25. The van der Waals surface area contributed by atoms with Crippen LogP contribution in [0.4, 0.5) is 5.69 Å². The molecular weight excluding hydrogens is 268 g/mol. The highest BCUT2D eigenvalue weighted by Gasteiger charge is 2.42. The van der Waals surface area contributed by atoms with Crippen LogP contribution in [0, 0.1) is 5.41 Å². The van der Waals surface area contributed by atoms with E-state index in [0.29, 0.717) is 12.2 Å². The molecule has 1 aromatic carbocycles. The largest absolute Gasteiger partial charge is 0.478 e. The molecule has 1 aliphatic carbocycles. The topological polar surface area (TPSA) is 92.4 Å². The van der Waals surface area contributed by atoms with Gasteiger partial charge in [0, 0.05) is 17.3 Å². The first-order valence-electron chi connectivity index (χ1n) is 6.02. The van der Waals surface area contributed by atoms with E-state index in [0.717, 1.165) is 19.3 Å². The van der Waals surface area contributed by atoms with Gasteiger partial charge in [0.1, 0.15) is 0 Å². The molecule has 0 spiro atoms. The van der Waals surface area contributed by atoms with Gasteiger partial charge in [-0.2, -0.15) is 0 Å². The fourth-order valence-electron chi connectivity index (χ4n) is 2.18. The molecule has 1 amide bonds. The van der Waals surface area contributed by atoms with Crippen LogP contribution in [-0.2, 0) is 4.79 Å². The summed E-state index contributed by atoms with van der Waals surface area (Å²) >= 11 is 5.83. The van der Waals surface area contributed by atoms with Gasteiger partial charge >= 0.3 is 5.97 Å². The molecule has 5 nitrogen and oxygen atoms in total. The Kier molecular flexibility index (Phi) is 3.78. The van der Waals surface area contributed by atoms with Crippen LogP contribution >= 0.6 is 11.6 Å². The Morgan fingerprint density at radius 1 is 1.37 bits per heavy atom. The summed E-state index contributed by atoms with van der Waals surface area (Å²) in [6.07, 6.45) is 2.52. The predicted molar refractivity (Wildman–Crippen MR) is 72.4 cm³/mol. The van der Waals surface area contributed by atoms with Gasteiger partial charge in [0.25, 0.3) is 0 Å². The maximum absolute atomic E-state index is 12.2. The number of hydrogen-bond donors (Lipinski definition) is 3. The third-order valence-electron chi connectivity index (χ3n) is 3.59. The smallest absolute Gasteiger partial charge is 0.335 e. The van der Waals surface area contributed by atoms with E-state index in [2.05, 4.69) is 5.32 Å². The summed E-state index contributed by atoms with van der Waals surface area (Å²) in [5.41, 5.74) is 5.57. The van der Waals surface area contributed by atoms with Gasteiger partial charge in [-0.25, -0.2) is 4.79 Å². The van der Waals surface area contributed by atoms with Gasteiger partial charge < -0.3 is 16.2 Å². The van der Waals surface area contributed by atoms with Crippen molar-refractivity contribution in [3.05, 3.63) is 28.8 Å². The number of halogens is 1. The molecule has 19 heavy (non-hydrogen) atoms. The Morgan fingerprint density at radius 2 is 2.05 bits per heavy atom. The number of carbonyl (C=O) groups is 2. The highest BCUT2D eigenvalue weighted by Crippen LogP contribution is 2.40. The van der Waals surface area contributed by atoms with Crippen molar-refractivity contribution in [3.63, 3.8) is 0 Å². The fourth-order valence-corrected chi connectivity index (χ4v) is 2.41. The molecule has 1 aliphatic rings. The first-order chi connectivity index (χ1) is 8.97. The van der Waals surface area contributed by atoms with Crippen LogP contribution in [0.3, 0.4) is 0 Å². The molecular formula is C13H15ClN2O3. The highest BCUT2D eigenvalue weighted by atomic mass is 35.5. The van der Waals surface area contributed by atoms with Crippen LogP contribution < -0.4 is 11.1 Å². The number of anilines is 1. The van der Waals surface area contributed by atoms with Gasteiger partial charge in [-0.1, -0.05) is 18.0 Å². The number of rotatable bonds is 4. The van der Waals surface area contributed by atoms with Gasteiger partial charge in [0.05, 0.1) is 11.0 Å². The van der Waals surface area contributed by atoms with E-state index in [1.165, 1.54) is 18.2 Å². The lowest BCUT2D eigenvalue weighted by Gasteiger charge is -2.39. The third kappa shape index (κ3) is 2.72. The second-order valence-corrected chi connectivity index (χ2v) is 5.26. The minimum Gasteiger partial charge on any atom is -0.478 e. The van der Waals surface area contributed by atoms with E-state index in [1.54, 1.807) is 0 Å². The summed E-state index contributed by atoms with van der Waals surface area (Å²) in [5, 5.41) is 11.9. The number of benzene rings is 1. The number of nitrogens with two attached hydrogens (primary N) is 1. The third-order valence-corrected chi connectivity index (χ3v) is 3.80. The van der Waals surface area contributed by atoms with Crippen LogP contribution in [-0.4, -0.2) is 23.5 Å². The van der Waals surface area contributed by atoms with Crippen molar-refractivity contribution in [2.24, 2.45) is 11.1 Å². The number of aromatic carboxylic acids is 1. The average molecular weight is 283 g/mol. The van der Waals surface area contributed by atoms with Crippen molar-refractivity contribution in [2.45, 2.75) is 19.3 Å². The monoisotopic (exact) mass is 282 g/mol. The molecule has 6 heteroatoms. The summed E-state index contributed by atoms with van der Waals surface area (Å²) in [4.78, 5) is 23.1. The Balaban J connectivity index is 2.19. The van der Waals surface area contributed by atoms with Crippen molar-refractivity contribution in [2.75, 3.05) is 11.9 Å². The zero-order valence-corrected chi connectivity index (χ0v) is 11.0. The minimum absolute atomic E-state index is 0.0400. The lowest BCUT2D eigenvalue weighted by molar-refractivity contribution is -0.129. The van der Waals surface area contributed by atoms with Gasteiger partial charge in [-0.3, -0.25) is 4.79 Å². The van der Waals surface area contributed by atoms with Crippen molar-refractivity contribution < 1.29 is 14.7 Å². The fraction of sp³-hybridized carbons (Fsp3) is 0.385. The molecule has 0 aliphatic heterocycles. The van der Waals surface area contributed by atoms with Crippen LogP contribution in [0.1, 0.15) is 29.6 Å². The Labute approximate surface area is 115 Å². The molecule has 0 radical (unpaired) electrons. The second-order valence-electron chi connectivity index (χ2n) is 4.83. The Morgan fingerprint density at radius 3 is 2.53 bits per heavy atom. The standard InChI is InChI=1S/C13H15ClN2O3/c14-9-4-8(11(17)18)5-10(6-9)16-12(19)13(7-15)2-1-3-13/h4-6H,1-3,7,15H2,(H,16,19)(H,17,18). The lowest BCUT2D eigenvalue weighted by atomic mass is 9.68. The van der Waals surface area contributed by atoms with Gasteiger partial charge in [0.15, 0.2) is 0 Å². The summed E-state index contributed by atoms with van der Waals surface area (Å²) in [6.45, 7) is 0.297. The molecule has 0 saturated heterocycles. The molecule has 2 rings (SSSR count). The molecule has 0 heterocycles. The predicted octanol–water partition coefficient (Wildman–Crippen LogP) is 2.11. The minimum atomic E-state index is -1.09. The quantitative estimate of drug-likeness (QED) is 0.788. The number of amides is 1. The van der Waals surface area contributed by atoms with Crippen molar-refractivity contribution in [1.82, 2.24) is 0 Å². The van der Waals surface area contributed by atoms with E-state index in [-0.39, 0.29) is 16.5 Å². The van der Waals surface area contributed by atoms with Gasteiger partial charge in [0.2, 0.25) is 5.91 Å². The van der Waals surface area contributed by atoms with Gasteiger partial charge in [-0.05, 0) is 31.0 Å². The molecule has 0 atom stereocenters. The number of nitrogens with one attached hydrogen (secondary N) is 1. The molecule has 0 bridgehead atoms. The van der Waals surface area contributed by atoms with Crippen LogP contribution in [0.25, 0.3) is 0 Å². The van der Waals surface area contributed by atoms with E-state index in [9.17, 15) is 9.59 Å². The van der Waals surface area contributed by atoms with Gasteiger partial charge in [-0.15, -0.1) is 0 Å². The SMILES string of the molecule is NCC1(C(=O)Nc2cc(Cl)cc(C(=O)O)c2)CCC1. The Hall–Kier alpha value is -1.59.